The second-order valence-corrected chi connectivity index (χ2v) is 4.98. The standard InChI is InChI=1S/C13H17NOS/c1-3-11-6-7-13(16-11)12(14-2)9-10-5-4-8-15-10/h4-8,12,14H,3,9H2,1-2H3. The van der Waals surface area contributed by atoms with Crippen LogP contribution in [0.25, 0.3) is 0 Å². The molecule has 0 aliphatic heterocycles. The molecule has 2 rings (SSSR count). The van der Waals surface area contributed by atoms with Crippen LogP contribution in [0.3, 0.4) is 0 Å². The number of hydrogen-bond acceptors (Lipinski definition) is 3. The second-order valence-electron chi connectivity index (χ2n) is 3.78. The summed E-state index contributed by atoms with van der Waals surface area (Å²) in [5.74, 6) is 1.03. The van der Waals surface area contributed by atoms with Gasteiger partial charge in [0, 0.05) is 22.2 Å². The van der Waals surface area contributed by atoms with Gasteiger partial charge in [0.15, 0.2) is 0 Å². The number of aryl methyl sites for hydroxylation is 1. The van der Waals surface area contributed by atoms with Crippen molar-refractivity contribution in [3.05, 3.63) is 46.0 Å². The van der Waals surface area contributed by atoms with Crippen molar-refractivity contribution in [2.45, 2.75) is 25.8 Å². The predicted octanol–water partition coefficient (Wildman–Crippen LogP) is 3.41. The Hall–Kier alpha value is -1.06. The lowest BCUT2D eigenvalue weighted by Crippen LogP contribution is -2.17. The number of rotatable bonds is 5. The number of nitrogens with one attached hydrogen (secondary N) is 1. The maximum atomic E-state index is 5.39. The van der Waals surface area contributed by atoms with Crippen molar-refractivity contribution in [3.63, 3.8) is 0 Å². The van der Waals surface area contributed by atoms with Crippen molar-refractivity contribution in [2.24, 2.45) is 0 Å². The summed E-state index contributed by atoms with van der Waals surface area (Å²) in [7, 11) is 2.00. The Kier molecular flexibility index (Phi) is 3.80. The predicted molar refractivity (Wildman–Crippen MR) is 67.9 cm³/mol. The van der Waals surface area contributed by atoms with Crippen molar-refractivity contribution in [1.82, 2.24) is 5.32 Å². The van der Waals surface area contributed by atoms with Crippen LogP contribution in [-0.4, -0.2) is 7.05 Å². The van der Waals surface area contributed by atoms with E-state index < -0.39 is 0 Å². The Morgan fingerprint density at radius 3 is 2.81 bits per heavy atom. The van der Waals surface area contributed by atoms with Crippen LogP contribution >= 0.6 is 11.3 Å². The van der Waals surface area contributed by atoms with Crippen LogP contribution in [0.15, 0.2) is 34.9 Å². The minimum atomic E-state index is 0.358. The molecule has 0 amide bonds. The Balaban J connectivity index is 2.10. The fourth-order valence-electron chi connectivity index (χ4n) is 1.75. The van der Waals surface area contributed by atoms with Gasteiger partial charge in [0.25, 0.3) is 0 Å². The Labute approximate surface area is 100 Å². The number of likely N-dealkylation sites (N-methyl/N-ethyl adjacent to an activating group) is 1. The molecule has 1 unspecified atom stereocenters. The molecule has 0 radical (unpaired) electrons. The molecule has 2 nitrogen and oxygen atoms in total. The zero-order chi connectivity index (χ0) is 11.4. The third kappa shape index (κ3) is 2.54. The van der Waals surface area contributed by atoms with Crippen LogP contribution in [0.1, 0.15) is 28.5 Å². The third-order valence-corrected chi connectivity index (χ3v) is 4.05. The van der Waals surface area contributed by atoms with Crippen molar-refractivity contribution in [2.75, 3.05) is 7.05 Å². The van der Waals surface area contributed by atoms with Gasteiger partial charge >= 0.3 is 0 Å². The van der Waals surface area contributed by atoms with Gasteiger partial charge in [-0.05, 0) is 37.7 Å². The summed E-state index contributed by atoms with van der Waals surface area (Å²) in [6.45, 7) is 2.19. The van der Waals surface area contributed by atoms with E-state index in [0.717, 1.165) is 18.6 Å². The third-order valence-electron chi connectivity index (χ3n) is 2.71. The SMILES string of the molecule is CCc1ccc(C(Cc2ccco2)NC)s1. The molecule has 16 heavy (non-hydrogen) atoms. The van der Waals surface area contributed by atoms with E-state index in [1.165, 1.54) is 9.75 Å². The molecule has 0 bridgehead atoms. The lowest BCUT2D eigenvalue weighted by molar-refractivity contribution is 0.469. The molecule has 0 spiro atoms. The van der Waals surface area contributed by atoms with Gasteiger partial charge in [-0.3, -0.25) is 0 Å². The molecule has 2 aromatic rings. The number of furan rings is 1. The first-order valence-corrected chi connectivity index (χ1v) is 6.43. The summed E-state index contributed by atoms with van der Waals surface area (Å²) >= 11 is 1.88. The van der Waals surface area contributed by atoms with Gasteiger partial charge in [0.2, 0.25) is 0 Å². The van der Waals surface area contributed by atoms with E-state index in [1.807, 2.05) is 30.5 Å². The lowest BCUT2D eigenvalue weighted by atomic mass is 10.1. The average molecular weight is 235 g/mol. The summed E-state index contributed by atoms with van der Waals surface area (Å²) in [4.78, 5) is 2.82. The van der Waals surface area contributed by atoms with Gasteiger partial charge in [0.05, 0.1) is 6.26 Å². The highest BCUT2D eigenvalue weighted by Crippen LogP contribution is 2.26. The lowest BCUT2D eigenvalue weighted by Gasteiger charge is -2.12. The summed E-state index contributed by atoms with van der Waals surface area (Å²) in [6, 6.07) is 8.75. The smallest absolute Gasteiger partial charge is 0.105 e. The molecule has 0 aromatic carbocycles. The molecule has 1 N–H and O–H groups in total. The van der Waals surface area contributed by atoms with E-state index in [-0.39, 0.29) is 0 Å². The molecule has 0 saturated heterocycles. The second kappa shape index (κ2) is 5.32. The quantitative estimate of drug-likeness (QED) is 0.859. The Morgan fingerprint density at radius 1 is 1.38 bits per heavy atom. The van der Waals surface area contributed by atoms with E-state index >= 15 is 0 Å². The van der Waals surface area contributed by atoms with Gasteiger partial charge in [0.1, 0.15) is 5.76 Å². The largest absolute Gasteiger partial charge is 0.469 e. The molecular weight excluding hydrogens is 218 g/mol. The number of hydrogen-bond donors (Lipinski definition) is 1. The zero-order valence-corrected chi connectivity index (χ0v) is 10.5. The highest BCUT2D eigenvalue weighted by Gasteiger charge is 2.13. The van der Waals surface area contributed by atoms with Crippen molar-refractivity contribution < 1.29 is 4.42 Å². The van der Waals surface area contributed by atoms with Crippen LogP contribution in [0.2, 0.25) is 0 Å². The van der Waals surface area contributed by atoms with Crippen molar-refractivity contribution in [1.29, 1.82) is 0 Å². The molecule has 2 aromatic heterocycles. The van der Waals surface area contributed by atoms with E-state index in [9.17, 15) is 0 Å². The first-order chi connectivity index (χ1) is 7.83. The van der Waals surface area contributed by atoms with E-state index in [4.69, 9.17) is 4.42 Å². The monoisotopic (exact) mass is 235 g/mol. The van der Waals surface area contributed by atoms with Gasteiger partial charge < -0.3 is 9.73 Å². The van der Waals surface area contributed by atoms with E-state index in [2.05, 4.69) is 24.4 Å². The van der Waals surface area contributed by atoms with Gasteiger partial charge in [-0.15, -0.1) is 11.3 Å². The highest BCUT2D eigenvalue weighted by atomic mass is 32.1. The van der Waals surface area contributed by atoms with Crippen molar-refractivity contribution in [3.8, 4) is 0 Å². The summed E-state index contributed by atoms with van der Waals surface area (Å²) in [6.07, 6.45) is 3.75. The van der Waals surface area contributed by atoms with Gasteiger partial charge in [-0.1, -0.05) is 6.92 Å². The normalized spacial score (nSPS) is 12.9. The molecule has 2 heterocycles. The maximum absolute atomic E-state index is 5.39. The molecular formula is C13H17NOS. The molecule has 0 aliphatic carbocycles. The first kappa shape index (κ1) is 11.4. The molecule has 86 valence electrons. The van der Waals surface area contributed by atoms with Crippen LogP contribution in [0, 0.1) is 0 Å². The Bertz CT molecular complexity index is 419. The number of thiophene rings is 1. The van der Waals surface area contributed by atoms with E-state index in [1.54, 1.807) is 6.26 Å². The highest BCUT2D eigenvalue weighted by molar-refractivity contribution is 7.12. The topological polar surface area (TPSA) is 25.2 Å². The molecule has 1 atom stereocenters. The van der Waals surface area contributed by atoms with Crippen molar-refractivity contribution >= 4 is 11.3 Å². The summed E-state index contributed by atoms with van der Waals surface area (Å²) in [5, 5.41) is 3.34. The molecule has 0 fully saturated rings. The van der Waals surface area contributed by atoms with Crippen LogP contribution in [-0.2, 0) is 12.8 Å². The maximum Gasteiger partial charge on any atom is 0.105 e. The van der Waals surface area contributed by atoms with Gasteiger partial charge in [-0.2, -0.15) is 0 Å². The van der Waals surface area contributed by atoms with Gasteiger partial charge in [-0.25, -0.2) is 0 Å². The summed E-state index contributed by atoms with van der Waals surface area (Å²) < 4.78 is 5.39. The van der Waals surface area contributed by atoms with Crippen LogP contribution in [0.5, 0.6) is 0 Å². The summed E-state index contributed by atoms with van der Waals surface area (Å²) in [5.41, 5.74) is 0. The van der Waals surface area contributed by atoms with Crippen LogP contribution in [0.4, 0.5) is 0 Å². The molecule has 3 heteroatoms. The average Bonchev–Trinajstić information content (AvgIpc) is 2.96. The Morgan fingerprint density at radius 2 is 2.25 bits per heavy atom. The molecule has 0 saturated carbocycles. The fourth-order valence-corrected chi connectivity index (χ4v) is 2.81. The fraction of sp³-hybridized carbons (Fsp3) is 0.385. The molecule has 0 aliphatic rings. The minimum Gasteiger partial charge on any atom is -0.469 e. The minimum absolute atomic E-state index is 0.358. The van der Waals surface area contributed by atoms with E-state index in [0.29, 0.717) is 6.04 Å². The first-order valence-electron chi connectivity index (χ1n) is 5.61. The van der Waals surface area contributed by atoms with Crippen LogP contribution < -0.4 is 5.32 Å². The zero-order valence-electron chi connectivity index (χ0n) is 9.69.